The molecule has 1 saturated carbocycles. The zero-order valence-corrected chi connectivity index (χ0v) is 9.92. The van der Waals surface area contributed by atoms with Crippen LogP contribution in [0.1, 0.15) is 30.3 Å². The van der Waals surface area contributed by atoms with Crippen LogP contribution in [0, 0.1) is 0 Å². The summed E-state index contributed by atoms with van der Waals surface area (Å²) in [4.78, 5) is 26.3. The van der Waals surface area contributed by atoms with Crippen LogP contribution in [0.25, 0.3) is 0 Å². The Morgan fingerprint density at radius 1 is 1.56 bits per heavy atom. The molecule has 1 aliphatic rings. The highest BCUT2D eigenvalue weighted by molar-refractivity contribution is 5.89. The van der Waals surface area contributed by atoms with E-state index in [4.69, 9.17) is 9.84 Å². The van der Waals surface area contributed by atoms with Crippen LogP contribution >= 0.6 is 0 Å². The molecule has 18 heavy (non-hydrogen) atoms. The van der Waals surface area contributed by atoms with Crippen LogP contribution in [-0.2, 0) is 4.79 Å². The van der Waals surface area contributed by atoms with Crippen molar-refractivity contribution in [3.05, 3.63) is 24.0 Å². The fourth-order valence-corrected chi connectivity index (χ4v) is 1.44. The molecule has 0 aliphatic heterocycles. The van der Waals surface area contributed by atoms with Gasteiger partial charge in [0.25, 0.3) is 5.91 Å². The van der Waals surface area contributed by atoms with Gasteiger partial charge in [0.05, 0.1) is 0 Å². The van der Waals surface area contributed by atoms with Gasteiger partial charge in [-0.3, -0.25) is 4.79 Å². The number of ether oxygens (including phenoxy) is 1. The molecule has 6 heteroatoms. The van der Waals surface area contributed by atoms with Crippen LogP contribution < -0.4 is 10.1 Å². The Bertz CT molecular complexity index is 471. The SMILES string of the molecule is CC(Oc1cccnc1C(=O)O)C(=O)NC1CC1. The number of amides is 1. The zero-order chi connectivity index (χ0) is 13.1. The van der Waals surface area contributed by atoms with E-state index in [2.05, 4.69) is 10.3 Å². The number of aromatic nitrogens is 1. The second-order valence-corrected chi connectivity index (χ2v) is 4.20. The first-order valence-electron chi connectivity index (χ1n) is 5.73. The minimum Gasteiger partial charge on any atom is -0.478 e. The Morgan fingerprint density at radius 3 is 2.89 bits per heavy atom. The maximum absolute atomic E-state index is 11.7. The van der Waals surface area contributed by atoms with Crippen LogP contribution in [0.4, 0.5) is 0 Å². The molecular formula is C12H14N2O4. The van der Waals surface area contributed by atoms with E-state index in [1.54, 1.807) is 13.0 Å². The van der Waals surface area contributed by atoms with Gasteiger partial charge in [-0.15, -0.1) is 0 Å². The molecule has 0 saturated heterocycles. The van der Waals surface area contributed by atoms with E-state index in [0.29, 0.717) is 0 Å². The van der Waals surface area contributed by atoms with Crippen LogP contribution in [0.3, 0.4) is 0 Å². The van der Waals surface area contributed by atoms with E-state index in [1.165, 1.54) is 12.3 Å². The normalized spacial score (nSPS) is 15.8. The molecule has 1 aromatic rings. The largest absolute Gasteiger partial charge is 0.478 e. The molecule has 0 spiro atoms. The minimum absolute atomic E-state index is 0.100. The Hall–Kier alpha value is -2.11. The maximum atomic E-state index is 11.7. The monoisotopic (exact) mass is 250 g/mol. The van der Waals surface area contributed by atoms with E-state index < -0.39 is 12.1 Å². The van der Waals surface area contributed by atoms with Crippen molar-refractivity contribution in [1.29, 1.82) is 0 Å². The Kier molecular flexibility index (Phi) is 3.45. The summed E-state index contributed by atoms with van der Waals surface area (Å²) in [6, 6.07) is 3.29. The lowest BCUT2D eigenvalue weighted by atomic mass is 10.3. The third-order valence-corrected chi connectivity index (χ3v) is 2.57. The highest BCUT2D eigenvalue weighted by atomic mass is 16.5. The van der Waals surface area contributed by atoms with Crippen molar-refractivity contribution in [3.8, 4) is 5.75 Å². The molecule has 1 atom stereocenters. The van der Waals surface area contributed by atoms with Crippen LogP contribution in [0.2, 0.25) is 0 Å². The molecule has 1 fully saturated rings. The minimum atomic E-state index is -1.18. The standard InChI is InChI=1S/C12H14N2O4/c1-7(11(15)14-8-4-5-8)18-9-3-2-6-13-10(9)12(16)17/h2-3,6-8H,4-5H2,1H3,(H,14,15)(H,16,17). The van der Waals surface area contributed by atoms with Crippen molar-refractivity contribution in [1.82, 2.24) is 10.3 Å². The Balaban J connectivity index is 2.03. The number of rotatable bonds is 5. The number of carboxylic acids is 1. The summed E-state index contributed by atoms with van der Waals surface area (Å²) in [5, 5.41) is 11.7. The lowest BCUT2D eigenvalue weighted by Gasteiger charge is -2.15. The van der Waals surface area contributed by atoms with Crippen molar-refractivity contribution in [2.75, 3.05) is 0 Å². The molecule has 1 unspecified atom stereocenters. The third-order valence-electron chi connectivity index (χ3n) is 2.57. The Labute approximate surface area is 104 Å². The van der Waals surface area contributed by atoms with E-state index in [9.17, 15) is 9.59 Å². The summed E-state index contributed by atoms with van der Waals surface area (Å²) in [7, 11) is 0. The number of carbonyl (C=O) groups excluding carboxylic acids is 1. The van der Waals surface area contributed by atoms with Crippen LogP contribution in [0.15, 0.2) is 18.3 Å². The molecule has 0 bridgehead atoms. The van der Waals surface area contributed by atoms with Crippen molar-refractivity contribution in [3.63, 3.8) is 0 Å². The predicted octanol–water partition coefficient (Wildman–Crippen LogP) is 0.826. The van der Waals surface area contributed by atoms with Gasteiger partial charge in [-0.05, 0) is 31.9 Å². The van der Waals surface area contributed by atoms with Gasteiger partial charge in [-0.2, -0.15) is 0 Å². The molecule has 2 N–H and O–H groups in total. The molecule has 0 aromatic carbocycles. The lowest BCUT2D eigenvalue weighted by molar-refractivity contribution is -0.127. The van der Waals surface area contributed by atoms with Crippen LogP contribution in [-0.4, -0.2) is 34.1 Å². The fourth-order valence-electron chi connectivity index (χ4n) is 1.44. The summed E-state index contributed by atoms with van der Waals surface area (Å²) in [6.07, 6.45) is 2.61. The van der Waals surface area contributed by atoms with Crippen LogP contribution in [0.5, 0.6) is 5.75 Å². The molecule has 96 valence electrons. The van der Waals surface area contributed by atoms with Gasteiger partial charge in [0, 0.05) is 12.2 Å². The summed E-state index contributed by atoms with van der Waals surface area (Å²) in [5.41, 5.74) is -0.191. The third kappa shape index (κ3) is 2.97. The average Bonchev–Trinajstić information content (AvgIpc) is 3.13. The number of hydrogen-bond acceptors (Lipinski definition) is 4. The van der Waals surface area contributed by atoms with Crippen molar-refractivity contribution >= 4 is 11.9 Å². The topological polar surface area (TPSA) is 88.5 Å². The van der Waals surface area contributed by atoms with Crippen molar-refractivity contribution in [2.45, 2.75) is 31.9 Å². The number of hydrogen-bond donors (Lipinski definition) is 2. The molecule has 1 aromatic heterocycles. The molecule has 0 radical (unpaired) electrons. The number of nitrogens with zero attached hydrogens (tertiary/aromatic N) is 1. The first-order valence-corrected chi connectivity index (χ1v) is 5.73. The number of aromatic carboxylic acids is 1. The highest BCUT2D eigenvalue weighted by Gasteiger charge is 2.27. The highest BCUT2D eigenvalue weighted by Crippen LogP contribution is 2.20. The van der Waals surface area contributed by atoms with Gasteiger partial charge < -0.3 is 15.2 Å². The van der Waals surface area contributed by atoms with E-state index >= 15 is 0 Å². The quantitative estimate of drug-likeness (QED) is 0.807. The maximum Gasteiger partial charge on any atom is 0.358 e. The molecule has 6 nitrogen and oxygen atoms in total. The van der Waals surface area contributed by atoms with Gasteiger partial charge in [0.1, 0.15) is 0 Å². The first kappa shape index (κ1) is 12.3. The van der Waals surface area contributed by atoms with Gasteiger partial charge in [0.2, 0.25) is 0 Å². The first-order chi connectivity index (χ1) is 8.58. The predicted molar refractivity (Wildman–Crippen MR) is 62.5 cm³/mol. The number of nitrogens with one attached hydrogen (secondary N) is 1. The average molecular weight is 250 g/mol. The van der Waals surface area contributed by atoms with Gasteiger partial charge in [0.15, 0.2) is 17.5 Å². The summed E-state index contributed by atoms with van der Waals surface area (Å²) < 4.78 is 5.34. The molecular weight excluding hydrogens is 236 g/mol. The molecule has 1 aliphatic carbocycles. The van der Waals surface area contributed by atoms with E-state index in [0.717, 1.165) is 12.8 Å². The number of carbonyl (C=O) groups is 2. The molecule has 2 rings (SSSR count). The number of carboxylic acid groups (broad SMARTS) is 1. The van der Waals surface area contributed by atoms with Gasteiger partial charge in [-0.1, -0.05) is 0 Å². The van der Waals surface area contributed by atoms with Crippen molar-refractivity contribution in [2.24, 2.45) is 0 Å². The summed E-state index contributed by atoms with van der Waals surface area (Å²) in [5.74, 6) is -1.32. The molecule has 1 heterocycles. The summed E-state index contributed by atoms with van der Waals surface area (Å²) >= 11 is 0. The van der Waals surface area contributed by atoms with Gasteiger partial charge >= 0.3 is 5.97 Å². The second-order valence-electron chi connectivity index (χ2n) is 4.20. The molecule has 1 amide bonds. The van der Waals surface area contributed by atoms with Crippen molar-refractivity contribution < 1.29 is 19.4 Å². The zero-order valence-electron chi connectivity index (χ0n) is 9.92. The lowest BCUT2D eigenvalue weighted by Crippen LogP contribution is -2.37. The van der Waals surface area contributed by atoms with Gasteiger partial charge in [-0.25, -0.2) is 9.78 Å². The fraction of sp³-hybridized carbons (Fsp3) is 0.417. The second kappa shape index (κ2) is 5.03. The Morgan fingerprint density at radius 2 is 2.28 bits per heavy atom. The van der Waals surface area contributed by atoms with E-state index in [1.807, 2.05) is 0 Å². The van der Waals surface area contributed by atoms with E-state index in [-0.39, 0.29) is 23.4 Å². The number of pyridine rings is 1. The summed E-state index contributed by atoms with van der Waals surface area (Å²) in [6.45, 7) is 1.58. The smallest absolute Gasteiger partial charge is 0.358 e.